The van der Waals surface area contributed by atoms with Crippen molar-refractivity contribution in [3.63, 3.8) is 0 Å². The molecule has 0 aliphatic carbocycles. The molecule has 0 aliphatic rings. The molecular weight excluding hydrogens is 478 g/mol. The highest BCUT2D eigenvalue weighted by Crippen LogP contribution is 2.33. The Bertz CT molecular complexity index is 718. The van der Waals surface area contributed by atoms with Gasteiger partial charge in [0.15, 0.2) is 10.5 Å². The highest BCUT2D eigenvalue weighted by Gasteiger charge is 2.50. The third-order valence-corrected chi connectivity index (χ3v) is 7.79. The van der Waals surface area contributed by atoms with Crippen LogP contribution in [0, 0.1) is 0 Å². The van der Waals surface area contributed by atoms with Crippen LogP contribution in [0.1, 0.15) is 72.1 Å². The summed E-state index contributed by atoms with van der Waals surface area (Å²) in [6, 6.07) is 0. The van der Waals surface area contributed by atoms with Crippen molar-refractivity contribution in [3.8, 4) is 0 Å². The molecule has 0 radical (unpaired) electrons. The summed E-state index contributed by atoms with van der Waals surface area (Å²) in [7, 11) is -10.4. The van der Waals surface area contributed by atoms with Gasteiger partial charge in [-0.05, 0) is 19.8 Å². The number of rotatable bonds is 15. The average Bonchev–Trinajstić information content (AvgIpc) is 2.58. The van der Waals surface area contributed by atoms with Crippen LogP contribution in [0.3, 0.4) is 0 Å². The Labute approximate surface area is 179 Å². The molecule has 0 saturated heterocycles. The number of halogens is 6. The van der Waals surface area contributed by atoms with Gasteiger partial charge in [0.1, 0.15) is 0 Å². The number of unbranched alkanes of at least 4 members (excludes halogenated alkanes) is 4. The van der Waals surface area contributed by atoms with Crippen molar-refractivity contribution in [2.45, 2.75) is 101 Å². The first-order valence-corrected chi connectivity index (χ1v) is 12.9. The van der Waals surface area contributed by atoms with Crippen molar-refractivity contribution in [2.75, 3.05) is 6.61 Å². The molecule has 3 atom stereocenters. The van der Waals surface area contributed by atoms with Crippen molar-refractivity contribution < 1.29 is 51.5 Å². The lowest BCUT2D eigenvalue weighted by Crippen LogP contribution is -2.41. The summed E-state index contributed by atoms with van der Waals surface area (Å²) in [5.41, 5.74) is 0. The summed E-state index contributed by atoms with van der Waals surface area (Å²) in [6.45, 7) is 3.14. The van der Waals surface area contributed by atoms with E-state index in [1.807, 2.05) is 0 Å². The minimum Gasteiger partial charge on any atom is -0.267 e. The van der Waals surface area contributed by atoms with Crippen molar-refractivity contribution >= 4 is 20.2 Å². The zero-order valence-corrected chi connectivity index (χ0v) is 19.3. The van der Waals surface area contributed by atoms with Crippen LogP contribution in [0.2, 0.25) is 0 Å². The molecule has 0 aliphatic heterocycles. The highest BCUT2D eigenvalue weighted by atomic mass is 32.2. The van der Waals surface area contributed by atoms with E-state index in [2.05, 4.69) is 8.37 Å². The van der Waals surface area contributed by atoms with Gasteiger partial charge in [-0.25, -0.2) is 0 Å². The molecule has 0 spiro atoms. The maximum Gasteiger partial charge on any atom is 0.407 e. The topological polar surface area (TPSA) is 86.7 Å². The minimum absolute atomic E-state index is 0.0330. The summed E-state index contributed by atoms with van der Waals surface area (Å²) in [5.74, 6) is 0. The first-order chi connectivity index (χ1) is 14.0. The number of hydrogen-bond acceptors (Lipinski definition) is 6. The summed E-state index contributed by atoms with van der Waals surface area (Å²) in [4.78, 5) is 0. The largest absolute Gasteiger partial charge is 0.407 e. The van der Waals surface area contributed by atoms with Gasteiger partial charge in [0.2, 0.25) is 0 Å². The van der Waals surface area contributed by atoms with E-state index in [1.54, 1.807) is 13.8 Å². The van der Waals surface area contributed by atoms with Crippen LogP contribution in [0.5, 0.6) is 0 Å². The summed E-state index contributed by atoms with van der Waals surface area (Å²) >= 11 is 0. The quantitative estimate of drug-likeness (QED) is 0.174. The SMILES string of the molecule is CCCCCC(C(F)(F)F)S(=O)(=O)OCC(C)OS(=O)(=O)C(CCCCC)C(F)(F)F. The van der Waals surface area contributed by atoms with E-state index >= 15 is 0 Å². The van der Waals surface area contributed by atoms with E-state index in [4.69, 9.17) is 0 Å². The van der Waals surface area contributed by atoms with Crippen LogP contribution < -0.4 is 0 Å². The van der Waals surface area contributed by atoms with Gasteiger partial charge in [-0.2, -0.15) is 43.2 Å². The third-order valence-electron chi connectivity index (χ3n) is 4.33. The van der Waals surface area contributed by atoms with Gasteiger partial charge >= 0.3 is 12.4 Å². The second kappa shape index (κ2) is 12.6. The summed E-state index contributed by atoms with van der Waals surface area (Å²) in [5, 5.41) is -5.66. The second-order valence-corrected chi connectivity index (χ2v) is 10.8. The molecule has 0 N–H and O–H groups in total. The van der Waals surface area contributed by atoms with Gasteiger partial charge < -0.3 is 0 Å². The van der Waals surface area contributed by atoms with E-state index in [0.717, 1.165) is 6.92 Å². The molecule has 0 fully saturated rings. The fourth-order valence-electron chi connectivity index (χ4n) is 2.70. The molecule has 0 heterocycles. The fourth-order valence-corrected chi connectivity index (χ4v) is 5.46. The van der Waals surface area contributed by atoms with Crippen LogP contribution in [0.4, 0.5) is 26.3 Å². The average molecular weight is 509 g/mol. The van der Waals surface area contributed by atoms with E-state index < -0.39 is 68.6 Å². The Morgan fingerprint density at radius 1 is 0.710 bits per heavy atom. The van der Waals surface area contributed by atoms with Gasteiger partial charge in [-0.3, -0.25) is 8.37 Å². The van der Waals surface area contributed by atoms with Crippen molar-refractivity contribution in [1.82, 2.24) is 0 Å². The van der Waals surface area contributed by atoms with E-state index in [-0.39, 0.29) is 12.8 Å². The third kappa shape index (κ3) is 11.2. The van der Waals surface area contributed by atoms with Gasteiger partial charge in [0, 0.05) is 0 Å². The van der Waals surface area contributed by atoms with Crippen LogP contribution in [-0.4, -0.2) is 52.4 Å². The first-order valence-electron chi connectivity index (χ1n) is 9.92. The van der Waals surface area contributed by atoms with Crippen LogP contribution >= 0.6 is 0 Å². The second-order valence-electron chi connectivity index (χ2n) is 7.23. The molecule has 0 aromatic heterocycles. The van der Waals surface area contributed by atoms with Crippen LogP contribution in [0.25, 0.3) is 0 Å². The maximum absolute atomic E-state index is 13.1. The molecule has 0 bridgehead atoms. The lowest BCUT2D eigenvalue weighted by molar-refractivity contribution is -0.135. The molecule has 0 saturated carbocycles. The Morgan fingerprint density at radius 3 is 1.45 bits per heavy atom. The van der Waals surface area contributed by atoms with Gasteiger partial charge in [-0.1, -0.05) is 52.4 Å². The van der Waals surface area contributed by atoms with Gasteiger partial charge in [0.05, 0.1) is 12.7 Å². The maximum atomic E-state index is 13.1. The van der Waals surface area contributed by atoms with E-state index in [1.165, 1.54) is 0 Å². The molecule has 6 nitrogen and oxygen atoms in total. The van der Waals surface area contributed by atoms with Crippen LogP contribution in [0.15, 0.2) is 0 Å². The van der Waals surface area contributed by atoms with Crippen LogP contribution in [-0.2, 0) is 28.6 Å². The molecule has 0 aromatic rings. The Hall–Kier alpha value is -0.600. The van der Waals surface area contributed by atoms with E-state index in [9.17, 15) is 43.2 Å². The Kier molecular flexibility index (Phi) is 12.3. The Morgan fingerprint density at radius 2 is 1.10 bits per heavy atom. The van der Waals surface area contributed by atoms with Crippen molar-refractivity contribution in [3.05, 3.63) is 0 Å². The van der Waals surface area contributed by atoms with Gasteiger partial charge in [0.25, 0.3) is 20.2 Å². The number of hydrogen-bond donors (Lipinski definition) is 0. The molecule has 0 amide bonds. The normalized spacial score (nSPS) is 16.8. The molecule has 14 heteroatoms. The zero-order chi connectivity index (χ0) is 24.5. The van der Waals surface area contributed by atoms with Crippen molar-refractivity contribution in [2.24, 2.45) is 0 Å². The molecule has 31 heavy (non-hydrogen) atoms. The number of alkyl halides is 6. The van der Waals surface area contributed by atoms with Gasteiger partial charge in [-0.15, -0.1) is 0 Å². The summed E-state index contributed by atoms with van der Waals surface area (Å²) < 4.78 is 136. The first kappa shape index (κ1) is 30.4. The molecule has 0 aromatic carbocycles. The smallest absolute Gasteiger partial charge is 0.267 e. The Balaban J connectivity index is 5.21. The molecular formula is C17H30F6O6S2. The fraction of sp³-hybridized carbons (Fsp3) is 1.00. The standard InChI is InChI=1S/C17H30F6O6S2/c1-4-6-8-10-14(16(18,19)20)30(24,25)28-12-13(3)29-31(26,27)15(17(21,22)23)11-9-7-5-2/h13-15H,4-12H2,1-3H3. The lowest BCUT2D eigenvalue weighted by atomic mass is 10.1. The molecule has 188 valence electrons. The minimum atomic E-state index is -5.22. The lowest BCUT2D eigenvalue weighted by Gasteiger charge is -2.23. The molecule has 3 unspecified atom stereocenters. The molecule has 0 rings (SSSR count). The zero-order valence-electron chi connectivity index (χ0n) is 17.6. The highest BCUT2D eigenvalue weighted by molar-refractivity contribution is 7.87. The summed E-state index contributed by atoms with van der Waals surface area (Å²) in [6.07, 6.45) is -11.8. The monoisotopic (exact) mass is 508 g/mol. The predicted octanol–water partition coefficient (Wildman–Crippen LogP) is 5.09. The van der Waals surface area contributed by atoms with E-state index in [0.29, 0.717) is 25.7 Å². The van der Waals surface area contributed by atoms with Crippen molar-refractivity contribution in [1.29, 1.82) is 0 Å². The predicted molar refractivity (Wildman–Crippen MR) is 102 cm³/mol.